The van der Waals surface area contributed by atoms with Gasteiger partial charge in [-0.25, -0.2) is 0 Å². The van der Waals surface area contributed by atoms with E-state index in [-0.39, 0.29) is 6.04 Å². The highest BCUT2D eigenvalue weighted by atomic mass is 15.2. The molecule has 0 aliphatic carbocycles. The van der Waals surface area contributed by atoms with E-state index >= 15 is 0 Å². The van der Waals surface area contributed by atoms with E-state index in [4.69, 9.17) is 0 Å². The summed E-state index contributed by atoms with van der Waals surface area (Å²) in [6.07, 6.45) is 3.99. The molecule has 1 aromatic carbocycles. The lowest BCUT2D eigenvalue weighted by atomic mass is 10.1. The summed E-state index contributed by atoms with van der Waals surface area (Å²) >= 11 is 0. The van der Waals surface area contributed by atoms with Crippen LogP contribution in [0.2, 0.25) is 0 Å². The lowest BCUT2D eigenvalue weighted by Crippen LogP contribution is -2.40. The number of rotatable bonds is 7. The maximum Gasteiger partial charge on any atom is 0.107 e. The number of nitrogens with one attached hydrogen (secondary N) is 2. The molecule has 0 aliphatic heterocycles. The number of hydrogen-bond donors (Lipinski definition) is 2. The third-order valence-electron chi connectivity index (χ3n) is 4.52. The van der Waals surface area contributed by atoms with Gasteiger partial charge in [0.2, 0.25) is 0 Å². The Morgan fingerprint density at radius 3 is 2.00 bits per heavy atom. The topological polar surface area (TPSA) is 32.2 Å². The summed E-state index contributed by atoms with van der Waals surface area (Å²) in [6.45, 7) is 12.4. The van der Waals surface area contributed by atoms with Crippen molar-refractivity contribution >= 4 is 5.70 Å². The van der Waals surface area contributed by atoms with Gasteiger partial charge in [-0.3, -0.25) is 0 Å². The van der Waals surface area contributed by atoms with Crippen molar-refractivity contribution in [2.75, 3.05) is 21.1 Å². The van der Waals surface area contributed by atoms with E-state index < -0.39 is 0 Å². The molecule has 2 N–H and O–H groups in total. The van der Waals surface area contributed by atoms with Gasteiger partial charge in [-0.15, -0.1) is 0 Å². The van der Waals surface area contributed by atoms with E-state index in [1.165, 1.54) is 0 Å². The monoisotopic (exact) mass is 360 g/mol. The normalized spacial score (nSPS) is 9.96. The third kappa shape index (κ3) is 4.86. The van der Waals surface area contributed by atoms with Crippen molar-refractivity contribution in [1.29, 1.82) is 0 Å². The molecule has 0 unspecified atom stereocenters. The fourth-order valence-electron chi connectivity index (χ4n) is 2.78. The summed E-state index contributed by atoms with van der Waals surface area (Å²) in [5.74, 6) is 6.37. The zero-order chi connectivity index (χ0) is 20.0. The zero-order valence-electron chi connectivity index (χ0n) is 16.6. The molecule has 0 aliphatic rings. The minimum Gasteiger partial charge on any atom is -0.390 e. The number of aromatic nitrogens is 1. The Labute approximate surface area is 162 Å². The molecule has 0 bridgehead atoms. The van der Waals surface area contributed by atoms with Gasteiger partial charge in [0, 0.05) is 68.8 Å². The van der Waals surface area contributed by atoms with E-state index in [9.17, 15) is 0 Å². The van der Waals surface area contributed by atoms with Crippen LogP contribution in [0.3, 0.4) is 0 Å². The summed E-state index contributed by atoms with van der Waals surface area (Å²) in [5, 5.41) is 6.23. The van der Waals surface area contributed by atoms with Crippen LogP contribution in [0, 0.1) is 11.8 Å². The molecule has 0 radical (unpaired) electrons. The molecule has 1 heterocycles. The molecule has 1 aromatic heterocycles. The van der Waals surface area contributed by atoms with E-state index in [0.29, 0.717) is 0 Å². The Morgan fingerprint density at radius 2 is 1.52 bits per heavy atom. The smallest absolute Gasteiger partial charge is 0.107 e. The molecular formula is C23H28N4. The van der Waals surface area contributed by atoms with Crippen molar-refractivity contribution in [1.82, 2.24) is 20.1 Å². The summed E-state index contributed by atoms with van der Waals surface area (Å²) in [4.78, 5) is 2.06. The summed E-state index contributed by atoms with van der Waals surface area (Å²) in [7, 11) is 7.69. The van der Waals surface area contributed by atoms with Crippen molar-refractivity contribution in [3.8, 4) is 11.8 Å². The Balaban J connectivity index is 2.17. The van der Waals surface area contributed by atoms with Gasteiger partial charge in [-0.05, 0) is 23.8 Å². The maximum absolute atomic E-state index is 4.25. The standard InChI is InChI=1S/C23H28N4/c1-17(24-4)23(18(2)25-5)27(7)19(3)22-12-10-20(11-13-22)8-9-21-14-15-26(6)16-21/h10-16,23-25H,1-3H2,4-7H3. The van der Waals surface area contributed by atoms with Gasteiger partial charge >= 0.3 is 0 Å². The second kappa shape index (κ2) is 8.86. The third-order valence-corrected chi connectivity index (χ3v) is 4.52. The molecule has 2 aromatic rings. The first-order chi connectivity index (χ1) is 12.9. The number of aryl methyl sites for hydroxylation is 1. The molecule has 27 heavy (non-hydrogen) atoms. The second-order valence-electron chi connectivity index (χ2n) is 6.40. The van der Waals surface area contributed by atoms with Crippen LogP contribution in [0.25, 0.3) is 5.70 Å². The maximum atomic E-state index is 4.25. The predicted molar refractivity (Wildman–Crippen MR) is 115 cm³/mol. The van der Waals surface area contributed by atoms with Crippen LogP contribution >= 0.6 is 0 Å². The van der Waals surface area contributed by atoms with Gasteiger partial charge in [-0.2, -0.15) is 0 Å². The van der Waals surface area contributed by atoms with Crippen LogP contribution in [0.4, 0.5) is 0 Å². The SMILES string of the molecule is C=C(NC)C(C(=C)NC)N(C)C(=C)c1ccc(C#Cc2ccn(C)c2)cc1. The van der Waals surface area contributed by atoms with Gasteiger partial charge < -0.3 is 20.1 Å². The van der Waals surface area contributed by atoms with E-state index in [0.717, 1.165) is 33.8 Å². The van der Waals surface area contributed by atoms with Crippen molar-refractivity contribution in [2.24, 2.45) is 7.05 Å². The largest absolute Gasteiger partial charge is 0.390 e. The van der Waals surface area contributed by atoms with E-state index in [1.807, 2.05) is 75.5 Å². The summed E-state index contributed by atoms with van der Waals surface area (Å²) in [6, 6.07) is 9.99. The summed E-state index contributed by atoms with van der Waals surface area (Å²) in [5.41, 5.74) is 5.58. The molecule has 0 spiro atoms. The molecular weight excluding hydrogens is 332 g/mol. The van der Waals surface area contributed by atoms with Crippen LogP contribution in [-0.4, -0.2) is 36.7 Å². The van der Waals surface area contributed by atoms with Gasteiger partial charge in [0.05, 0.1) is 0 Å². The first-order valence-electron chi connectivity index (χ1n) is 8.76. The van der Waals surface area contributed by atoms with Crippen LogP contribution in [0.5, 0.6) is 0 Å². The Bertz CT molecular complexity index is 874. The molecule has 0 saturated carbocycles. The van der Waals surface area contributed by atoms with Crippen LogP contribution < -0.4 is 10.6 Å². The van der Waals surface area contributed by atoms with Gasteiger partial charge in [0.25, 0.3) is 0 Å². The minimum atomic E-state index is -0.106. The van der Waals surface area contributed by atoms with Gasteiger partial charge in [0.15, 0.2) is 0 Å². The average molecular weight is 361 g/mol. The predicted octanol–water partition coefficient (Wildman–Crippen LogP) is 3.16. The fourth-order valence-corrected chi connectivity index (χ4v) is 2.78. The number of hydrogen-bond acceptors (Lipinski definition) is 3. The highest BCUT2D eigenvalue weighted by molar-refractivity contribution is 5.64. The van der Waals surface area contributed by atoms with Gasteiger partial charge in [-0.1, -0.05) is 43.7 Å². The molecule has 0 atom stereocenters. The highest BCUT2D eigenvalue weighted by Gasteiger charge is 2.22. The lowest BCUT2D eigenvalue weighted by molar-refractivity contribution is 0.408. The van der Waals surface area contributed by atoms with Crippen molar-refractivity contribution in [3.63, 3.8) is 0 Å². The highest BCUT2D eigenvalue weighted by Crippen LogP contribution is 2.23. The Morgan fingerprint density at radius 1 is 0.963 bits per heavy atom. The second-order valence-corrected chi connectivity index (χ2v) is 6.40. The Hall–Kier alpha value is -3.32. The average Bonchev–Trinajstić information content (AvgIpc) is 3.11. The van der Waals surface area contributed by atoms with Crippen molar-refractivity contribution < 1.29 is 0 Å². The van der Waals surface area contributed by atoms with Crippen molar-refractivity contribution in [2.45, 2.75) is 6.04 Å². The van der Waals surface area contributed by atoms with Crippen LogP contribution in [-0.2, 0) is 7.05 Å². The molecule has 4 heteroatoms. The molecule has 2 rings (SSSR count). The van der Waals surface area contributed by atoms with E-state index in [1.54, 1.807) is 0 Å². The molecule has 0 fully saturated rings. The lowest BCUT2D eigenvalue weighted by Gasteiger charge is -2.34. The number of benzene rings is 1. The zero-order valence-corrected chi connectivity index (χ0v) is 16.6. The first kappa shape index (κ1) is 20.0. The molecule has 0 amide bonds. The molecule has 140 valence electrons. The van der Waals surface area contributed by atoms with Crippen LogP contribution in [0.1, 0.15) is 16.7 Å². The first-order valence-corrected chi connectivity index (χ1v) is 8.76. The quantitative estimate of drug-likeness (QED) is 0.744. The molecule has 0 saturated heterocycles. The van der Waals surface area contributed by atoms with Gasteiger partial charge in [0.1, 0.15) is 6.04 Å². The fraction of sp³-hybridized carbons (Fsp3) is 0.217. The number of likely N-dealkylation sites (N-methyl/N-ethyl adjacent to an activating group) is 3. The van der Waals surface area contributed by atoms with E-state index in [2.05, 4.69) is 47.1 Å². The Kier molecular flexibility index (Phi) is 6.56. The molecule has 4 nitrogen and oxygen atoms in total. The van der Waals surface area contributed by atoms with Crippen molar-refractivity contribution in [3.05, 3.63) is 90.5 Å². The summed E-state index contributed by atoms with van der Waals surface area (Å²) < 4.78 is 1.99. The van der Waals surface area contributed by atoms with Crippen LogP contribution in [0.15, 0.2) is 73.9 Å². The minimum absolute atomic E-state index is 0.106. The number of nitrogens with zero attached hydrogens (tertiary/aromatic N) is 2.